The number of methoxy groups -OCH3 is 1. The average Bonchev–Trinajstić information content (AvgIpc) is 3.51. The quantitative estimate of drug-likeness (QED) is 0.197. The SMILES string of the molecule is COc1c(C2(C(C=O)(CC=O)OC3(C)C4CC5CC(C4)CC3C5)C=CC(OC3(C)C4CC5CC(C4)CC3C5)=CC2)ccc2c1sc1ccccc12. The van der Waals surface area contributed by atoms with Crippen LogP contribution in [0.4, 0.5) is 0 Å². The van der Waals surface area contributed by atoms with Gasteiger partial charge in [-0.1, -0.05) is 36.4 Å². The summed E-state index contributed by atoms with van der Waals surface area (Å²) in [5.74, 6) is 6.86. The minimum Gasteiger partial charge on any atom is -0.495 e. The highest BCUT2D eigenvalue weighted by atomic mass is 32.1. The number of benzene rings is 2. The van der Waals surface area contributed by atoms with Crippen molar-refractivity contribution in [1.29, 1.82) is 0 Å². The maximum Gasteiger partial charge on any atom is 0.153 e. The van der Waals surface area contributed by atoms with Crippen LogP contribution >= 0.6 is 11.3 Å². The van der Waals surface area contributed by atoms with Crippen LogP contribution in [0, 0.1) is 47.3 Å². The first-order valence-corrected chi connectivity index (χ1v) is 20.7. The molecule has 268 valence electrons. The lowest BCUT2D eigenvalue weighted by molar-refractivity contribution is -0.252. The van der Waals surface area contributed by atoms with Crippen LogP contribution in [-0.4, -0.2) is 36.5 Å². The summed E-state index contributed by atoms with van der Waals surface area (Å²) in [5, 5.41) is 2.34. The Morgan fingerprint density at radius 2 is 1.39 bits per heavy atom. The lowest BCUT2D eigenvalue weighted by atomic mass is 9.50. The standard InChI is InChI=1S/C45H52O5S/c1-42(31-18-27-16-28(20-31)21-32(42)19-27)49-35-10-12-44(13-11-35,38-9-8-37-36-6-4-5-7-39(36)51-41(37)40(38)48-3)45(26-47,14-15-46)50-43(2)33-22-29-17-30(24-33)25-34(43)23-29/h4-12,15,26-34H,13-14,16-25H2,1-3H3. The van der Waals surface area contributed by atoms with Crippen LogP contribution in [0.1, 0.15) is 96.5 Å². The van der Waals surface area contributed by atoms with E-state index in [1.54, 1.807) is 18.4 Å². The maximum absolute atomic E-state index is 14.1. The van der Waals surface area contributed by atoms with Crippen LogP contribution < -0.4 is 4.74 Å². The lowest BCUT2D eigenvalue weighted by Gasteiger charge is -2.62. The van der Waals surface area contributed by atoms with Crippen molar-refractivity contribution in [2.24, 2.45) is 47.3 Å². The molecule has 1 heterocycles. The van der Waals surface area contributed by atoms with Crippen molar-refractivity contribution in [3.05, 3.63) is 65.9 Å². The van der Waals surface area contributed by atoms with E-state index in [4.69, 9.17) is 14.2 Å². The molecule has 6 heteroatoms. The van der Waals surface area contributed by atoms with Crippen LogP contribution in [-0.2, 0) is 24.5 Å². The Bertz CT molecular complexity index is 1910. The normalized spacial score (nSPS) is 41.5. The zero-order valence-electron chi connectivity index (χ0n) is 30.4. The van der Waals surface area contributed by atoms with Gasteiger partial charge >= 0.3 is 0 Å². The molecular formula is C45H52O5S. The Labute approximate surface area is 306 Å². The number of thiophene rings is 1. The fourth-order valence-electron chi connectivity index (χ4n) is 13.6. The first-order valence-electron chi connectivity index (χ1n) is 19.9. The van der Waals surface area contributed by atoms with E-state index < -0.39 is 16.6 Å². The van der Waals surface area contributed by atoms with Gasteiger partial charge in [-0.15, -0.1) is 11.3 Å². The summed E-state index contributed by atoms with van der Waals surface area (Å²) in [6.45, 7) is 4.64. The highest BCUT2D eigenvalue weighted by Gasteiger charge is 2.63. The number of carbonyl (C=O) groups excluding carboxylic acids is 2. The molecule has 8 bridgehead atoms. The predicted octanol–water partition coefficient (Wildman–Crippen LogP) is 10.1. The average molecular weight is 705 g/mol. The van der Waals surface area contributed by atoms with Gasteiger partial charge < -0.3 is 23.8 Å². The third-order valence-electron chi connectivity index (χ3n) is 15.9. The fraction of sp³-hybridized carbons (Fsp3) is 0.600. The van der Waals surface area contributed by atoms with E-state index in [0.717, 1.165) is 89.1 Å². The lowest BCUT2D eigenvalue weighted by Crippen LogP contribution is -2.65. The van der Waals surface area contributed by atoms with E-state index in [2.05, 4.69) is 68.5 Å². The predicted molar refractivity (Wildman–Crippen MR) is 202 cm³/mol. The van der Waals surface area contributed by atoms with Gasteiger partial charge in [-0.05, 0) is 150 Å². The summed E-state index contributed by atoms with van der Waals surface area (Å²) in [6.07, 6.45) is 21.3. The fourth-order valence-corrected chi connectivity index (χ4v) is 14.8. The molecule has 0 aliphatic heterocycles. The van der Waals surface area contributed by atoms with Gasteiger partial charge in [-0.25, -0.2) is 0 Å². The van der Waals surface area contributed by atoms with Crippen molar-refractivity contribution in [2.75, 3.05) is 7.11 Å². The van der Waals surface area contributed by atoms with Gasteiger partial charge in [0.15, 0.2) is 6.29 Å². The molecule has 5 nitrogen and oxygen atoms in total. The van der Waals surface area contributed by atoms with Crippen LogP contribution in [0.15, 0.2) is 60.4 Å². The number of hydrogen-bond acceptors (Lipinski definition) is 6. The Morgan fingerprint density at radius 1 is 0.784 bits per heavy atom. The molecule has 8 saturated carbocycles. The summed E-state index contributed by atoms with van der Waals surface area (Å²) < 4.78 is 23.4. The molecule has 0 amide bonds. The van der Waals surface area contributed by atoms with E-state index in [9.17, 15) is 9.59 Å². The molecule has 8 fully saturated rings. The summed E-state index contributed by atoms with van der Waals surface area (Å²) in [6, 6.07) is 12.8. The Morgan fingerprint density at radius 3 is 1.94 bits per heavy atom. The number of hydrogen-bond donors (Lipinski definition) is 0. The van der Waals surface area contributed by atoms with E-state index in [1.807, 2.05) is 0 Å². The number of carbonyl (C=O) groups is 2. The second-order valence-corrected chi connectivity index (χ2v) is 19.3. The van der Waals surface area contributed by atoms with E-state index >= 15 is 0 Å². The topological polar surface area (TPSA) is 61.8 Å². The van der Waals surface area contributed by atoms with Gasteiger partial charge in [0.05, 0.1) is 22.8 Å². The molecule has 9 aliphatic carbocycles. The van der Waals surface area contributed by atoms with Gasteiger partial charge in [0.25, 0.3) is 0 Å². The van der Waals surface area contributed by atoms with Crippen molar-refractivity contribution in [3.63, 3.8) is 0 Å². The van der Waals surface area contributed by atoms with Gasteiger partial charge in [0.1, 0.15) is 29.0 Å². The minimum atomic E-state index is -1.43. The zero-order chi connectivity index (χ0) is 34.8. The molecule has 12 rings (SSSR count). The molecule has 2 unspecified atom stereocenters. The second kappa shape index (κ2) is 11.5. The van der Waals surface area contributed by atoms with Crippen LogP contribution in [0.3, 0.4) is 0 Å². The summed E-state index contributed by atoms with van der Waals surface area (Å²) >= 11 is 1.72. The van der Waals surface area contributed by atoms with E-state index in [-0.39, 0.29) is 12.0 Å². The summed E-state index contributed by atoms with van der Waals surface area (Å²) in [4.78, 5) is 27.0. The molecule has 2 aromatic carbocycles. The van der Waals surface area contributed by atoms with E-state index in [1.165, 1.54) is 48.6 Å². The molecule has 0 radical (unpaired) electrons. The third kappa shape index (κ3) is 4.60. The number of ether oxygens (including phenoxy) is 3. The van der Waals surface area contributed by atoms with Crippen LogP contribution in [0.25, 0.3) is 20.2 Å². The molecule has 2 atom stereocenters. The summed E-state index contributed by atoms with van der Waals surface area (Å²) in [5.41, 5.74) is -2.17. The van der Waals surface area contributed by atoms with Gasteiger partial charge in [0, 0.05) is 27.5 Å². The highest BCUT2D eigenvalue weighted by molar-refractivity contribution is 7.26. The second-order valence-electron chi connectivity index (χ2n) is 18.3. The van der Waals surface area contributed by atoms with Crippen LogP contribution in [0.2, 0.25) is 0 Å². The van der Waals surface area contributed by atoms with Crippen molar-refractivity contribution >= 4 is 44.1 Å². The molecule has 51 heavy (non-hydrogen) atoms. The smallest absolute Gasteiger partial charge is 0.153 e. The van der Waals surface area contributed by atoms with Gasteiger partial charge in [-0.3, -0.25) is 0 Å². The molecule has 0 N–H and O–H groups in total. The van der Waals surface area contributed by atoms with Crippen molar-refractivity contribution in [3.8, 4) is 5.75 Å². The molecule has 3 aromatic rings. The van der Waals surface area contributed by atoms with Crippen LogP contribution in [0.5, 0.6) is 5.75 Å². The van der Waals surface area contributed by atoms with Crippen molar-refractivity contribution < 1.29 is 23.8 Å². The largest absolute Gasteiger partial charge is 0.495 e. The number of fused-ring (bicyclic) bond motifs is 3. The first kappa shape index (κ1) is 32.7. The molecule has 9 aliphatic rings. The number of allylic oxidation sites excluding steroid dienone is 2. The molecule has 0 spiro atoms. The highest BCUT2D eigenvalue weighted by Crippen LogP contribution is 2.64. The van der Waals surface area contributed by atoms with Gasteiger partial charge in [0.2, 0.25) is 0 Å². The Balaban J connectivity index is 1.10. The Kier molecular flexibility index (Phi) is 7.38. The van der Waals surface area contributed by atoms with E-state index in [0.29, 0.717) is 30.1 Å². The Hall–Kier alpha value is -2.96. The number of rotatable bonds is 10. The zero-order valence-corrected chi connectivity index (χ0v) is 31.2. The monoisotopic (exact) mass is 704 g/mol. The first-order chi connectivity index (χ1) is 24.7. The summed E-state index contributed by atoms with van der Waals surface area (Å²) in [7, 11) is 1.74. The maximum atomic E-state index is 14.1. The minimum absolute atomic E-state index is 0.0228. The number of aldehydes is 2. The molecule has 1 aromatic heterocycles. The van der Waals surface area contributed by atoms with Crippen molar-refractivity contribution in [2.45, 2.75) is 113 Å². The van der Waals surface area contributed by atoms with Crippen molar-refractivity contribution in [1.82, 2.24) is 0 Å². The van der Waals surface area contributed by atoms with Gasteiger partial charge in [-0.2, -0.15) is 0 Å². The molecule has 0 saturated heterocycles. The molecular weight excluding hydrogens is 653 g/mol. The third-order valence-corrected chi connectivity index (χ3v) is 17.1.